The molecule has 0 saturated carbocycles. The van der Waals surface area contributed by atoms with Crippen LogP contribution in [-0.2, 0) is 6.42 Å². The third kappa shape index (κ3) is 3.54. The maximum Gasteiger partial charge on any atom is 0.243 e. The van der Waals surface area contributed by atoms with Crippen LogP contribution in [0.2, 0.25) is 0 Å². The number of likely N-dealkylation sites (N-methyl/N-ethyl adjacent to an activating group) is 1. The zero-order valence-electron chi connectivity index (χ0n) is 13.3. The molecular weight excluding hydrogens is 276 g/mol. The first kappa shape index (κ1) is 15.2. The van der Waals surface area contributed by atoms with Crippen molar-refractivity contribution in [3.05, 3.63) is 47.6 Å². The molecule has 1 N–H and O–H groups in total. The molecule has 22 heavy (non-hydrogen) atoms. The molecule has 3 rings (SSSR count). The zero-order chi connectivity index (χ0) is 15.4. The molecule has 0 spiro atoms. The summed E-state index contributed by atoms with van der Waals surface area (Å²) in [5.74, 6) is 1.48. The number of rotatable bonds is 5. The minimum absolute atomic E-state index is 0.174. The second-order valence-corrected chi connectivity index (χ2v) is 6.01. The van der Waals surface area contributed by atoms with E-state index in [1.54, 1.807) is 0 Å². The molecule has 1 aromatic carbocycles. The van der Waals surface area contributed by atoms with E-state index in [9.17, 15) is 0 Å². The van der Waals surface area contributed by atoms with Gasteiger partial charge in [0, 0.05) is 19.0 Å². The van der Waals surface area contributed by atoms with E-state index in [4.69, 9.17) is 4.52 Å². The summed E-state index contributed by atoms with van der Waals surface area (Å²) >= 11 is 0. The molecule has 0 bridgehead atoms. The monoisotopic (exact) mass is 300 g/mol. The van der Waals surface area contributed by atoms with E-state index >= 15 is 0 Å². The molecule has 0 aliphatic carbocycles. The third-order valence-electron chi connectivity index (χ3n) is 4.46. The Morgan fingerprint density at radius 2 is 2.18 bits per heavy atom. The lowest BCUT2D eigenvalue weighted by molar-refractivity contribution is 0.126. The predicted octanol–water partition coefficient (Wildman–Crippen LogP) is 2.41. The maximum atomic E-state index is 5.50. The molecule has 2 atom stereocenters. The van der Waals surface area contributed by atoms with Crippen LogP contribution < -0.4 is 5.32 Å². The Morgan fingerprint density at radius 3 is 2.95 bits per heavy atom. The van der Waals surface area contributed by atoms with Crippen LogP contribution in [0.3, 0.4) is 0 Å². The largest absolute Gasteiger partial charge is 0.338 e. The summed E-state index contributed by atoms with van der Waals surface area (Å²) in [6, 6.07) is 11.0. The van der Waals surface area contributed by atoms with Gasteiger partial charge in [-0.2, -0.15) is 4.98 Å². The highest BCUT2D eigenvalue weighted by Crippen LogP contribution is 2.23. The summed E-state index contributed by atoms with van der Waals surface area (Å²) in [5, 5.41) is 7.51. The standard InChI is InChI=1S/C17H24N4O/c1-13(21-10-6-9-15(12-21)18-2)17-19-16(20-22-17)11-14-7-4-3-5-8-14/h3-5,7-8,13,15,18H,6,9-12H2,1-2H3. The van der Waals surface area contributed by atoms with E-state index in [1.165, 1.54) is 18.4 Å². The molecule has 2 heterocycles. The van der Waals surface area contributed by atoms with E-state index in [0.29, 0.717) is 6.04 Å². The van der Waals surface area contributed by atoms with Crippen molar-refractivity contribution in [3.8, 4) is 0 Å². The highest BCUT2D eigenvalue weighted by atomic mass is 16.5. The van der Waals surface area contributed by atoms with Crippen molar-refractivity contribution in [2.24, 2.45) is 0 Å². The Balaban J connectivity index is 1.65. The second kappa shape index (κ2) is 7.03. The fraction of sp³-hybridized carbons (Fsp3) is 0.529. The summed E-state index contributed by atoms with van der Waals surface area (Å²) < 4.78 is 5.50. The lowest BCUT2D eigenvalue weighted by Crippen LogP contribution is -2.45. The van der Waals surface area contributed by atoms with Crippen LogP contribution in [0, 0.1) is 0 Å². The predicted molar refractivity (Wildman–Crippen MR) is 85.6 cm³/mol. The smallest absolute Gasteiger partial charge is 0.243 e. The molecule has 2 aromatic rings. The van der Waals surface area contributed by atoms with Crippen molar-refractivity contribution >= 4 is 0 Å². The Kier molecular flexibility index (Phi) is 4.85. The SMILES string of the molecule is CNC1CCCN(C(C)c2nc(Cc3ccccc3)no2)C1. The fourth-order valence-electron chi connectivity index (χ4n) is 3.04. The molecule has 1 fully saturated rings. The van der Waals surface area contributed by atoms with Gasteiger partial charge < -0.3 is 9.84 Å². The Bertz CT molecular complexity index is 583. The van der Waals surface area contributed by atoms with Gasteiger partial charge in [-0.1, -0.05) is 35.5 Å². The van der Waals surface area contributed by atoms with Crippen LogP contribution in [0.5, 0.6) is 0 Å². The first-order chi connectivity index (χ1) is 10.8. The van der Waals surface area contributed by atoms with Gasteiger partial charge in [-0.15, -0.1) is 0 Å². The molecule has 5 nitrogen and oxygen atoms in total. The molecule has 2 unspecified atom stereocenters. The van der Waals surface area contributed by atoms with Gasteiger partial charge in [-0.05, 0) is 38.9 Å². The number of nitrogens with one attached hydrogen (secondary N) is 1. The minimum Gasteiger partial charge on any atom is -0.338 e. The van der Waals surface area contributed by atoms with Crippen molar-refractivity contribution in [3.63, 3.8) is 0 Å². The van der Waals surface area contributed by atoms with Gasteiger partial charge in [0.15, 0.2) is 5.82 Å². The van der Waals surface area contributed by atoms with Crippen molar-refractivity contribution in [2.45, 2.75) is 38.3 Å². The Labute approximate surface area is 131 Å². The van der Waals surface area contributed by atoms with Gasteiger partial charge in [0.25, 0.3) is 0 Å². The van der Waals surface area contributed by atoms with E-state index in [0.717, 1.165) is 31.2 Å². The summed E-state index contributed by atoms with van der Waals surface area (Å²) in [6.45, 7) is 4.28. The van der Waals surface area contributed by atoms with Gasteiger partial charge in [-0.3, -0.25) is 4.90 Å². The summed E-state index contributed by atoms with van der Waals surface area (Å²) in [4.78, 5) is 7.01. The molecule has 5 heteroatoms. The van der Waals surface area contributed by atoms with E-state index in [1.807, 2.05) is 25.2 Å². The number of piperidine rings is 1. The maximum absolute atomic E-state index is 5.50. The number of hydrogen-bond acceptors (Lipinski definition) is 5. The second-order valence-electron chi connectivity index (χ2n) is 6.01. The number of hydrogen-bond donors (Lipinski definition) is 1. The van der Waals surface area contributed by atoms with Crippen molar-refractivity contribution in [2.75, 3.05) is 20.1 Å². The lowest BCUT2D eigenvalue weighted by atomic mass is 10.0. The van der Waals surface area contributed by atoms with Crippen molar-refractivity contribution in [1.29, 1.82) is 0 Å². The Morgan fingerprint density at radius 1 is 1.36 bits per heavy atom. The van der Waals surface area contributed by atoms with Crippen molar-refractivity contribution in [1.82, 2.24) is 20.4 Å². The molecule has 0 radical (unpaired) electrons. The average molecular weight is 300 g/mol. The number of likely N-dealkylation sites (tertiary alicyclic amines) is 1. The quantitative estimate of drug-likeness (QED) is 0.919. The number of benzene rings is 1. The van der Waals surface area contributed by atoms with E-state index < -0.39 is 0 Å². The number of aromatic nitrogens is 2. The van der Waals surface area contributed by atoms with Crippen molar-refractivity contribution < 1.29 is 4.52 Å². The molecule has 1 aromatic heterocycles. The molecule has 1 aliphatic rings. The highest BCUT2D eigenvalue weighted by Gasteiger charge is 2.26. The van der Waals surface area contributed by atoms with Crippen LogP contribution in [0.15, 0.2) is 34.9 Å². The van der Waals surface area contributed by atoms with Gasteiger partial charge in [0.1, 0.15) is 0 Å². The summed E-state index contributed by atoms with van der Waals surface area (Å²) in [6.07, 6.45) is 3.17. The fourth-order valence-corrected chi connectivity index (χ4v) is 3.04. The third-order valence-corrected chi connectivity index (χ3v) is 4.46. The molecule has 118 valence electrons. The van der Waals surface area contributed by atoms with Crippen LogP contribution in [0.1, 0.15) is 43.1 Å². The molecule has 1 saturated heterocycles. The Hall–Kier alpha value is -1.72. The normalized spacial score (nSPS) is 20.9. The molecule has 0 amide bonds. The van der Waals surface area contributed by atoms with E-state index in [2.05, 4.69) is 39.4 Å². The van der Waals surface area contributed by atoms with Gasteiger partial charge >= 0.3 is 0 Å². The minimum atomic E-state index is 0.174. The van der Waals surface area contributed by atoms with Gasteiger partial charge in [-0.25, -0.2) is 0 Å². The molecular formula is C17H24N4O. The first-order valence-corrected chi connectivity index (χ1v) is 8.04. The summed E-state index contributed by atoms with van der Waals surface area (Å²) in [5.41, 5.74) is 1.20. The van der Waals surface area contributed by atoms with Gasteiger partial charge in [0.2, 0.25) is 5.89 Å². The van der Waals surface area contributed by atoms with Gasteiger partial charge in [0.05, 0.1) is 6.04 Å². The highest BCUT2D eigenvalue weighted by molar-refractivity contribution is 5.18. The van der Waals surface area contributed by atoms with Crippen LogP contribution in [0.25, 0.3) is 0 Å². The first-order valence-electron chi connectivity index (χ1n) is 8.04. The zero-order valence-corrected chi connectivity index (χ0v) is 13.3. The van der Waals surface area contributed by atoms with Crippen LogP contribution in [-0.4, -0.2) is 41.2 Å². The van der Waals surface area contributed by atoms with Crippen LogP contribution in [0.4, 0.5) is 0 Å². The molecule has 1 aliphatic heterocycles. The van der Waals surface area contributed by atoms with E-state index in [-0.39, 0.29) is 6.04 Å². The topological polar surface area (TPSA) is 54.2 Å². The average Bonchev–Trinajstić information content (AvgIpc) is 3.03. The van der Waals surface area contributed by atoms with Crippen LogP contribution >= 0.6 is 0 Å². The summed E-state index contributed by atoms with van der Waals surface area (Å²) in [7, 11) is 2.03. The number of nitrogens with zero attached hydrogens (tertiary/aromatic N) is 3. The lowest BCUT2D eigenvalue weighted by Gasteiger charge is -2.35.